The highest BCUT2D eigenvalue weighted by Crippen LogP contribution is 2.43. The summed E-state index contributed by atoms with van der Waals surface area (Å²) in [6, 6.07) is 30.3. The number of aromatic amines is 1. The topological polar surface area (TPSA) is 122 Å². The number of aliphatic hydroxyl groups is 4. The Labute approximate surface area is 233 Å². The summed E-state index contributed by atoms with van der Waals surface area (Å²) in [5, 5.41) is 44.4. The van der Waals surface area contributed by atoms with Gasteiger partial charge in [-0.25, -0.2) is 0 Å². The molecule has 8 heteroatoms. The smallest absolute Gasteiger partial charge is 0.128 e. The third-order valence-corrected chi connectivity index (χ3v) is 8.40. The molecule has 40 heavy (non-hydrogen) atoms. The molecule has 0 radical (unpaired) electrons. The second-order valence-electron chi connectivity index (χ2n) is 9.92. The van der Waals surface area contributed by atoms with Crippen LogP contribution in [0, 0.1) is 0 Å². The largest absolute Gasteiger partial charge is 0.384 e. The van der Waals surface area contributed by atoms with Crippen molar-refractivity contribution in [2.75, 3.05) is 0 Å². The van der Waals surface area contributed by atoms with E-state index in [1.165, 1.54) is 11.3 Å². The van der Waals surface area contributed by atoms with E-state index in [1.807, 2.05) is 84.9 Å². The number of fused-ring (bicyclic) bond motifs is 8. The van der Waals surface area contributed by atoms with Gasteiger partial charge in [0.15, 0.2) is 0 Å². The van der Waals surface area contributed by atoms with Gasteiger partial charge < -0.3 is 25.4 Å². The molecule has 2 aromatic carbocycles. The van der Waals surface area contributed by atoms with Crippen LogP contribution in [-0.2, 0) is 0 Å². The number of hydrogen-bond acceptors (Lipinski definition) is 7. The normalized spacial score (nSPS) is 20.5. The van der Waals surface area contributed by atoms with Crippen molar-refractivity contribution in [3.8, 4) is 22.3 Å². The molecule has 2 aliphatic heterocycles. The molecule has 0 fully saturated rings. The lowest BCUT2D eigenvalue weighted by atomic mass is 10.00. The van der Waals surface area contributed by atoms with Crippen molar-refractivity contribution in [1.82, 2.24) is 15.0 Å². The Kier molecular flexibility index (Phi) is 6.07. The van der Waals surface area contributed by atoms with E-state index in [4.69, 9.17) is 9.97 Å². The first-order valence-corrected chi connectivity index (χ1v) is 13.8. The van der Waals surface area contributed by atoms with Gasteiger partial charge in [0.25, 0.3) is 0 Å². The van der Waals surface area contributed by atoms with E-state index in [-0.39, 0.29) is 0 Å². The van der Waals surface area contributed by atoms with Gasteiger partial charge in [0, 0.05) is 31.6 Å². The van der Waals surface area contributed by atoms with E-state index >= 15 is 0 Å². The zero-order valence-electron chi connectivity index (χ0n) is 21.1. The first kappa shape index (κ1) is 24.8. The maximum absolute atomic E-state index is 11.2. The summed E-state index contributed by atoms with van der Waals surface area (Å²) < 4.78 is 1.65. The van der Waals surface area contributed by atoms with Crippen LogP contribution in [0.4, 0.5) is 0 Å². The van der Waals surface area contributed by atoms with Crippen LogP contribution in [-0.4, -0.2) is 35.4 Å². The molecule has 0 spiro atoms. The number of H-pyrrole nitrogens is 1. The van der Waals surface area contributed by atoms with Crippen LogP contribution in [0.1, 0.15) is 47.2 Å². The molecule has 198 valence electrons. The van der Waals surface area contributed by atoms with E-state index in [0.29, 0.717) is 39.4 Å². The third kappa shape index (κ3) is 4.14. The minimum atomic E-state index is -1.22. The van der Waals surface area contributed by atoms with E-state index in [0.717, 1.165) is 26.1 Å². The number of nitrogens with one attached hydrogen (secondary N) is 1. The van der Waals surface area contributed by atoms with Crippen LogP contribution in [0.25, 0.3) is 42.7 Å². The zero-order valence-corrected chi connectivity index (χ0v) is 22.0. The third-order valence-electron chi connectivity index (χ3n) is 7.35. The van der Waals surface area contributed by atoms with Crippen LogP contribution in [0.15, 0.2) is 97.1 Å². The fourth-order valence-electron chi connectivity index (χ4n) is 5.39. The van der Waals surface area contributed by atoms with Crippen molar-refractivity contribution in [1.29, 1.82) is 0 Å². The molecule has 3 aromatic heterocycles. The number of hydrogen-bond donors (Lipinski definition) is 5. The van der Waals surface area contributed by atoms with Crippen molar-refractivity contribution in [2.45, 2.75) is 24.4 Å². The SMILES string of the molecule is OC1c2cc3ccc(s3)c(-c3ccccc3)c3nc(cc4ccc([nH]4)c(-c4ccccc4)c(n2)C1O)C(O)C3O. The van der Waals surface area contributed by atoms with Gasteiger partial charge in [-0.05, 0) is 47.5 Å². The molecule has 7 nitrogen and oxygen atoms in total. The summed E-state index contributed by atoms with van der Waals surface area (Å²) in [5.74, 6) is 0. The molecule has 7 rings (SSSR count). The van der Waals surface area contributed by atoms with Gasteiger partial charge in [0.2, 0.25) is 0 Å². The van der Waals surface area contributed by atoms with Crippen LogP contribution in [0.5, 0.6) is 0 Å². The Balaban J connectivity index is 1.62. The zero-order chi connectivity index (χ0) is 27.4. The van der Waals surface area contributed by atoms with Gasteiger partial charge in [-0.3, -0.25) is 9.97 Å². The predicted molar refractivity (Wildman–Crippen MR) is 155 cm³/mol. The Morgan fingerprint density at radius 3 is 1.80 bits per heavy atom. The monoisotopic (exact) mass is 547 g/mol. The molecule has 0 amide bonds. The van der Waals surface area contributed by atoms with Crippen LogP contribution < -0.4 is 0 Å². The fourth-order valence-corrected chi connectivity index (χ4v) is 6.42. The van der Waals surface area contributed by atoms with Gasteiger partial charge in [-0.15, -0.1) is 11.3 Å². The highest BCUT2D eigenvalue weighted by atomic mass is 32.1. The summed E-state index contributed by atoms with van der Waals surface area (Å²) in [7, 11) is 0. The second kappa shape index (κ2) is 9.78. The summed E-state index contributed by atoms with van der Waals surface area (Å²) >= 11 is 1.45. The summed E-state index contributed by atoms with van der Waals surface area (Å²) in [4.78, 5) is 12.8. The number of rotatable bonds is 2. The average Bonchev–Trinajstić information content (AvgIpc) is 3.74. The molecular formula is C32H25N3O4S. The molecule has 0 saturated heterocycles. The number of aromatic nitrogens is 3. The summed E-state index contributed by atoms with van der Waals surface area (Å²) in [6.07, 6.45) is -4.82. The van der Waals surface area contributed by atoms with Gasteiger partial charge in [-0.1, -0.05) is 60.7 Å². The van der Waals surface area contributed by atoms with E-state index in [9.17, 15) is 20.4 Å². The maximum atomic E-state index is 11.2. The van der Waals surface area contributed by atoms with Gasteiger partial charge >= 0.3 is 0 Å². The molecule has 0 aliphatic carbocycles. The summed E-state index contributed by atoms with van der Waals surface area (Å²) in [6.45, 7) is 0. The van der Waals surface area contributed by atoms with E-state index in [1.54, 1.807) is 12.1 Å². The first-order chi connectivity index (χ1) is 19.5. The highest BCUT2D eigenvalue weighted by Gasteiger charge is 2.33. The Hall–Kier alpha value is -4.18. The molecule has 4 unspecified atom stereocenters. The van der Waals surface area contributed by atoms with E-state index < -0.39 is 24.4 Å². The van der Waals surface area contributed by atoms with Crippen molar-refractivity contribution in [3.05, 3.63) is 120 Å². The van der Waals surface area contributed by atoms with Crippen molar-refractivity contribution in [3.63, 3.8) is 0 Å². The lowest BCUT2D eigenvalue weighted by molar-refractivity contribution is 0.0257. The lowest BCUT2D eigenvalue weighted by Crippen LogP contribution is -2.04. The molecule has 4 atom stereocenters. The molecule has 5 N–H and O–H groups in total. The van der Waals surface area contributed by atoms with Crippen LogP contribution in [0.3, 0.4) is 0 Å². The van der Waals surface area contributed by atoms with Gasteiger partial charge in [-0.2, -0.15) is 0 Å². The molecule has 5 heterocycles. The van der Waals surface area contributed by atoms with Crippen molar-refractivity contribution in [2.24, 2.45) is 0 Å². The minimum absolute atomic E-state index is 0.338. The maximum Gasteiger partial charge on any atom is 0.128 e. The molecule has 8 bridgehead atoms. The van der Waals surface area contributed by atoms with Crippen molar-refractivity contribution >= 4 is 31.8 Å². The Morgan fingerprint density at radius 1 is 0.575 bits per heavy atom. The first-order valence-electron chi connectivity index (χ1n) is 13.0. The average molecular weight is 548 g/mol. The number of aliphatic hydroxyl groups excluding tert-OH is 4. The molecular weight excluding hydrogens is 522 g/mol. The second-order valence-corrected chi connectivity index (χ2v) is 11.0. The summed E-state index contributed by atoms with van der Waals surface area (Å²) in [5.41, 5.74) is 5.86. The van der Waals surface area contributed by atoms with Crippen LogP contribution >= 0.6 is 11.3 Å². The minimum Gasteiger partial charge on any atom is -0.384 e. The Morgan fingerprint density at radius 2 is 1.15 bits per heavy atom. The Bertz CT molecular complexity index is 1750. The quantitative estimate of drug-likeness (QED) is 0.187. The predicted octanol–water partition coefficient (Wildman–Crippen LogP) is 5.92. The molecule has 5 aromatic rings. The highest BCUT2D eigenvalue weighted by molar-refractivity contribution is 7.23. The number of benzene rings is 2. The van der Waals surface area contributed by atoms with Gasteiger partial charge in [0.1, 0.15) is 24.4 Å². The number of nitrogens with zero attached hydrogens (tertiary/aromatic N) is 2. The molecule has 2 aliphatic rings. The van der Waals surface area contributed by atoms with Crippen molar-refractivity contribution < 1.29 is 20.4 Å². The van der Waals surface area contributed by atoms with Gasteiger partial charge in [0.05, 0.1) is 22.8 Å². The fraction of sp³-hybridized carbons (Fsp3) is 0.125. The number of thiophene rings is 1. The lowest BCUT2D eigenvalue weighted by Gasteiger charge is -2.11. The molecule has 0 saturated carbocycles. The van der Waals surface area contributed by atoms with E-state index in [2.05, 4.69) is 4.98 Å². The van der Waals surface area contributed by atoms with Crippen LogP contribution in [0.2, 0.25) is 0 Å². The standard InChI is InChI=1S/C32H25N3O4S/c36-29-22-15-19-11-13-21(33-19)25(17-7-3-1-4-8-17)27-31(38)30(37)23(35-27)16-20-12-14-24(40-20)26(28(34-22)32(29)39)18-9-5-2-6-10-18/h1-16,29-33,36-39H.